The first kappa shape index (κ1) is 15.8. The van der Waals surface area contributed by atoms with E-state index >= 15 is 0 Å². The molecule has 3 aromatic rings. The van der Waals surface area contributed by atoms with Gasteiger partial charge in [-0.2, -0.15) is 0 Å². The maximum Gasteiger partial charge on any atom is 0.270 e. The predicted octanol–water partition coefficient (Wildman–Crippen LogP) is 2.43. The molecule has 1 N–H and O–H groups in total. The number of ether oxygens (including phenoxy) is 1. The highest BCUT2D eigenvalue weighted by molar-refractivity contribution is 5.98. The van der Waals surface area contributed by atoms with Gasteiger partial charge in [-0.05, 0) is 31.0 Å². The number of carbonyl (C=O) groups is 1. The summed E-state index contributed by atoms with van der Waals surface area (Å²) in [5.74, 6) is 0.0338. The van der Waals surface area contributed by atoms with Crippen LogP contribution in [0.3, 0.4) is 0 Å². The van der Waals surface area contributed by atoms with E-state index in [1.165, 1.54) is 0 Å². The van der Waals surface area contributed by atoms with E-state index in [1.54, 1.807) is 12.5 Å². The largest absolute Gasteiger partial charge is 0.375 e. The van der Waals surface area contributed by atoms with E-state index in [0.29, 0.717) is 25.4 Å². The Morgan fingerprint density at radius 1 is 1.32 bits per heavy atom. The standard InChI is InChI=1S/C19H20N4O2/c24-19(18-11-14-3-1-2-4-17(14)22-18)23-9-10-25-16(12-23)6-5-15-7-8-20-13-21-15/h1-4,7-8,11,13,16,22H,5-6,9-10,12H2/t16-/m1/s1. The van der Waals surface area contributed by atoms with E-state index in [0.717, 1.165) is 29.4 Å². The van der Waals surface area contributed by atoms with Crippen LogP contribution in [0.5, 0.6) is 0 Å². The second-order valence-corrected chi connectivity index (χ2v) is 6.25. The summed E-state index contributed by atoms with van der Waals surface area (Å²) in [6.45, 7) is 1.80. The second kappa shape index (κ2) is 7.03. The molecule has 0 radical (unpaired) electrons. The van der Waals surface area contributed by atoms with Gasteiger partial charge in [0, 0.05) is 35.9 Å². The van der Waals surface area contributed by atoms with E-state index in [9.17, 15) is 4.79 Å². The lowest BCUT2D eigenvalue weighted by Crippen LogP contribution is -2.45. The van der Waals surface area contributed by atoms with Crippen molar-refractivity contribution in [3.05, 3.63) is 60.3 Å². The SMILES string of the molecule is O=C(c1cc2ccccc2[nH]1)N1CCO[C@H](CCc2ccncn2)C1. The Bertz CT molecular complexity index is 829. The smallest absolute Gasteiger partial charge is 0.270 e. The number of carbonyl (C=O) groups excluding carboxylic acids is 1. The van der Waals surface area contributed by atoms with E-state index < -0.39 is 0 Å². The van der Waals surface area contributed by atoms with E-state index in [-0.39, 0.29) is 12.0 Å². The molecule has 0 saturated carbocycles. The fourth-order valence-corrected chi connectivity index (χ4v) is 3.21. The summed E-state index contributed by atoms with van der Waals surface area (Å²) in [6.07, 6.45) is 5.00. The van der Waals surface area contributed by atoms with Crippen LogP contribution in [-0.4, -0.2) is 51.6 Å². The van der Waals surface area contributed by atoms with Crippen LogP contribution in [0.2, 0.25) is 0 Å². The Labute approximate surface area is 145 Å². The van der Waals surface area contributed by atoms with Gasteiger partial charge < -0.3 is 14.6 Å². The number of hydrogen-bond acceptors (Lipinski definition) is 4. The lowest BCUT2D eigenvalue weighted by molar-refractivity contribution is -0.0248. The van der Waals surface area contributed by atoms with E-state index in [4.69, 9.17) is 4.74 Å². The van der Waals surface area contributed by atoms with Crippen molar-refractivity contribution in [2.24, 2.45) is 0 Å². The highest BCUT2D eigenvalue weighted by Gasteiger charge is 2.25. The molecule has 1 saturated heterocycles. The predicted molar refractivity (Wildman–Crippen MR) is 94.3 cm³/mol. The number of aromatic nitrogens is 3. The van der Waals surface area contributed by atoms with Crippen LogP contribution in [0.1, 0.15) is 22.6 Å². The van der Waals surface area contributed by atoms with E-state index in [1.807, 2.05) is 41.3 Å². The Kier molecular flexibility index (Phi) is 4.43. The van der Waals surface area contributed by atoms with Gasteiger partial charge in [-0.1, -0.05) is 18.2 Å². The van der Waals surface area contributed by atoms with Gasteiger partial charge in [-0.15, -0.1) is 0 Å². The Hall–Kier alpha value is -2.73. The van der Waals surface area contributed by atoms with Crippen molar-refractivity contribution in [2.45, 2.75) is 18.9 Å². The highest BCUT2D eigenvalue weighted by Crippen LogP contribution is 2.18. The number of rotatable bonds is 4. The third-order valence-electron chi connectivity index (χ3n) is 4.55. The Morgan fingerprint density at radius 3 is 3.08 bits per heavy atom. The van der Waals surface area contributed by atoms with Crippen molar-refractivity contribution in [3.8, 4) is 0 Å². The number of benzene rings is 1. The Morgan fingerprint density at radius 2 is 2.24 bits per heavy atom. The van der Waals surface area contributed by atoms with Gasteiger partial charge in [0.05, 0.1) is 12.7 Å². The minimum absolute atomic E-state index is 0.0338. The number of aromatic amines is 1. The fourth-order valence-electron chi connectivity index (χ4n) is 3.21. The Balaban J connectivity index is 1.40. The van der Waals surface area contributed by atoms with Crippen LogP contribution >= 0.6 is 0 Å². The summed E-state index contributed by atoms with van der Waals surface area (Å²) in [5.41, 5.74) is 2.62. The van der Waals surface area contributed by atoms with Crippen molar-refractivity contribution in [3.63, 3.8) is 0 Å². The van der Waals surface area contributed by atoms with Crippen LogP contribution < -0.4 is 0 Å². The van der Waals surface area contributed by atoms with Crippen LogP contribution in [-0.2, 0) is 11.2 Å². The van der Waals surface area contributed by atoms with Crippen molar-refractivity contribution >= 4 is 16.8 Å². The summed E-state index contributed by atoms with van der Waals surface area (Å²) in [5, 5.41) is 1.06. The summed E-state index contributed by atoms with van der Waals surface area (Å²) >= 11 is 0. The molecule has 1 atom stereocenters. The molecule has 6 heteroatoms. The van der Waals surface area contributed by atoms with Crippen LogP contribution in [0, 0.1) is 0 Å². The maximum absolute atomic E-state index is 12.8. The first-order valence-corrected chi connectivity index (χ1v) is 8.53. The number of hydrogen-bond donors (Lipinski definition) is 1. The second-order valence-electron chi connectivity index (χ2n) is 6.25. The van der Waals surface area contributed by atoms with Crippen LogP contribution in [0.15, 0.2) is 48.9 Å². The summed E-state index contributed by atoms with van der Waals surface area (Å²) < 4.78 is 5.83. The molecule has 6 nitrogen and oxygen atoms in total. The number of aryl methyl sites for hydroxylation is 1. The van der Waals surface area contributed by atoms with Crippen molar-refractivity contribution in [1.29, 1.82) is 0 Å². The molecule has 3 heterocycles. The number of para-hydroxylation sites is 1. The summed E-state index contributed by atoms with van der Waals surface area (Å²) in [6, 6.07) is 11.8. The fraction of sp³-hybridized carbons (Fsp3) is 0.316. The molecule has 1 aromatic carbocycles. The molecule has 25 heavy (non-hydrogen) atoms. The van der Waals surface area contributed by atoms with Gasteiger partial charge in [0.1, 0.15) is 12.0 Å². The van der Waals surface area contributed by atoms with Crippen LogP contribution in [0.25, 0.3) is 10.9 Å². The normalized spacial score (nSPS) is 17.8. The minimum Gasteiger partial charge on any atom is -0.375 e. The van der Waals surface area contributed by atoms with Gasteiger partial charge in [-0.3, -0.25) is 4.79 Å². The third kappa shape index (κ3) is 3.53. The van der Waals surface area contributed by atoms with Gasteiger partial charge in [0.15, 0.2) is 0 Å². The molecule has 1 fully saturated rings. The average Bonchev–Trinajstić information content (AvgIpc) is 3.11. The van der Waals surface area contributed by atoms with Crippen molar-refractivity contribution < 1.29 is 9.53 Å². The van der Waals surface area contributed by atoms with Crippen molar-refractivity contribution in [2.75, 3.05) is 19.7 Å². The van der Waals surface area contributed by atoms with Gasteiger partial charge in [0.25, 0.3) is 5.91 Å². The number of amides is 1. The molecular formula is C19H20N4O2. The summed E-state index contributed by atoms with van der Waals surface area (Å²) in [7, 11) is 0. The monoisotopic (exact) mass is 336 g/mol. The molecular weight excluding hydrogens is 316 g/mol. The molecule has 2 aromatic heterocycles. The quantitative estimate of drug-likeness (QED) is 0.794. The number of fused-ring (bicyclic) bond motifs is 1. The van der Waals surface area contributed by atoms with E-state index in [2.05, 4.69) is 15.0 Å². The molecule has 0 unspecified atom stereocenters. The number of morpholine rings is 1. The minimum atomic E-state index is 0.0338. The lowest BCUT2D eigenvalue weighted by Gasteiger charge is -2.32. The molecule has 1 amide bonds. The van der Waals surface area contributed by atoms with Gasteiger partial charge >= 0.3 is 0 Å². The third-order valence-corrected chi connectivity index (χ3v) is 4.55. The van der Waals surface area contributed by atoms with Crippen molar-refractivity contribution in [1.82, 2.24) is 19.9 Å². The lowest BCUT2D eigenvalue weighted by atomic mass is 10.1. The number of nitrogens with zero attached hydrogens (tertiary/aromatic N) is 3. The number of nitrogens with one attached hydrogen (secondary N) is 1. The zero-order valence-electron chi connectivity index (χ0n) is 13.9. The zero-order chi connectivity index (χ0) is 17.1. The molecule has 4 rings (SSSR count). The first-order valence-electron chi connectivity index (χ1n) is 8.53. The van der Waals surface area contributed by atoms with Gasteiger partial charge in [0.2, 0.25) is 0 Å². The summed E-state index contributed by atoms with van der Waals surface area (Å²) in [4.78, 5) is 26.1. The highest BCUT2D eigenvalue weighted by atomic mass is 16.5. The zero-order valence-corrected chi connectivity index (χ0v) is 13.9. The molecule has 1 aliphatic rings. The number of H-pyrrole nitrogens is 1. The molecule has 0 aliphatic carbocycles. The molecule has 1 aliphatic heterocycles. The van der Waals surface area contributed by atoms with Crippen LogP contribution in [0.4, 0.5) is 0 Å². The maximum atomic E-state index is 12.8. The topological polar surface area (TPSA) is 71.1 Å². The average molecular weight is 336 g/mol. The molecule has 0 spiro atoms. The molecule has 0 bridgehead atoms. The first-order chi connectivity index (χ1) is 12.3. The molecule has 128 valence electrons. The van der Waals surface area contributed by atoms with Gasteiger partial charge in [-0.25, -0.2) is 9.97 Å².